The summed E-state index contributed by atoms with van der Waals surface area (Å²) in [6, 6.07) is 14.2. The Morgan fingerprint density at radius 1 is 0.949 bits per heavy atom. The van der Waals surface area contributed by atoms with Crippen LogP contribution in [0.3, 0.4) is 0 Å². The van der Waals surface area contributed by atoms with E-state index < -0.39 is 11.9 Å². The van der Waals surface area contributed by atoms with Gasteiger partial charge in [-0.3, -0.25) is 24.6 Å². The second kappa shape index (κ2) is 11.4. The van der Waals surface area contributed by atoms with Crippen molar-refractivity contribution in [3.63, 3.8) is 0 Å². The average Bonchev–Trinajstić information content (AvgIpc) is 3.28. The number of morpholine rings is 1. The zero-order valence-corrected chi connectivity index (χ0v) is 22.3. The predicted molar refractivity (Wildman–Crippen MR) is 146 cm³/mol. The van der Waals surface area contributed by atoms with E-state index in [2.05, 4.69) is 39.4 Å². The van der Waals surface area contributed by atoms with Crippen LogP contribution in [0.2, 0.25) is 0 Å². The van der Waals surface area contributed by atoms with Gasteiger partial charge in [-0.15, -0.1) is 0 Å². The lowest BCUT2D eigenvalue weighted by Gasteiger charge is -2.35. The first-order valence-corrected chi connectivity index (χ1v) is 14.1. The minimum atomic E-state index is -0.606. The molecule has 3 saturated heterocycles. The van der Waals surface area contributed by atoms with Gasteiger partial charge >= 0.3 is 0 Å². The fourth-order valence-corrected chi connectivity index (χ4v) is 6.16. The molecule has 0 radical (unpaired) electrons. The molecule has 9 nitrogen and oxygen atoms in total. The van der Waals surface area contributed by atoms with Crippen LogP contribution in [0.4, 0.5) is 5.69 Å². The van der Waals surface area contributed by atoms with Crippen LogP contribution < -0.4 is 15.0 Å². The molecule has 4 aliphatic heterocycles. The maximum absolute atomic E-state index is 13.0. The third-order valence-corrected chi connectivity index (χ3v) is 8.38. The third-order valence-electron chi connectivity index (χ3n) is 8.38. The third kappa shape index (κ3) is 5.65. The van der Waals surface area contributed by atoms with Gasteiger partial charge in [-0.25, -0.2) is 0 Å². The molecule has 0 saturated carbocycles. The number of benzene rings is 2. The number of nitrogens with one attached hydrogen (secondary N) is 1. The number of anilines is 1. The number of rotatable bonds is 7. The largest absolute Gasteiger partial charge is 0.492 e. The van der Waals surface area contributed by atoms with Crippen LogP contribution in [0.15, 0.2) is 42.5 Å². The number of likely N-dealkylation sites (tertiary alicyclic amines) is 1. The number of hydrogen-bond donors (Lipinski definition) is 1. The minimum absolute atomic E-state index is 0.163. The van der Waals surface area contributed by atoms with E-state index in [1.165, 1.54) is 24.1 Å². The van der Waals surface area contributed by atoms with Crippen LogP contribution in [0, 0.1) is 0 Å². The molecule has 0 aliphatic carbocycles. The number of carbonyl (C=O) groups is 3. The van der Waals surface area contributed by atoms with Crippen molar-refractivity contribution in [1.29, 1.82) is 0 Å². The van der Waals surface area contributed by atoms with Gasteiger partial charge in [0, 0.05) is 49.9 Å². The summed E-state index contributed by atoms with van der Waals surface area (Å²) in [7, 11) is 0. The first-order valence-electron chi connectivity index (χ1n) is 14.1. The predicted octanol–water partition coefficient (Wildman–Crippen LogP) is 2.72. The number of carbonyl (C=O) groups excluding carboxylic acids is 3. The SMILES string of the molecule is O=C1CCC(N2Cc3cc(OCC4CCCCN4Cc4ccc(N5CCOCC5)cc4)ccc3C2=O)C(=O)N1. The van der Waals surface area contributed by atoms with Crippen LogP contribution in [0.5, 0.6) is 5.75 Å². The van der Waals surface area contributed by atoms with E-state index in [-0.39, 0.29) is 18.2 Å². The Bertz CT molecular complexity index is 1230. The Balaban J connectivity index is 1.06. The van der Waals surface area contributed by atoms with Crippen molar-refractivity contribution in [2.45, 2.75) is 57.3 Å². The van der Waals surface area contributed by atoms with E-state index in [0.29, 0.717) is 31.2 Å². The summed E-state index contributed by atoms with van der Waals surface area (Å²) < 4.78 is 11.7. The molecule has 0 aromatic heterocycles. The highest BCUT2D eigenvalue weighted by Gasteiger charge is 2.39. The van der Waals surface area contributed by atoms with Crippen LogP contribution in [-0.2, 0) is 27.4 Å². The number of imide groups is 1. The van der Waals surface area contributed by atoms with Crippen molar-refractivity contribution in [3.05, 3.63) is 59.2 Å². The van der Waals surface area contributed by atoms with E-state index in [9.17, 15) is 14.4 Å². The minimum Gasteiger partial charge on any atom is -0.492 e. The molecule has 3 amide bonds. The Kier molecular flexibility index (Phi) is 7.52. The number of fused-ring (bicyclic) bond motifs is 1. The van der Waals surface area contributed by atoms with Crippen LogP contribution in [0.25, 0.3) is 0 Å². The van der Waals surface area contributed by atoms with E-state index in [1.54, 1.807) is 11.0 Å². The van der Waals surface area contributed by atoms with Gasteiger partial charge in [-0.2, -0.15) is 0 Å². The molecular formula is C30H36N4O5. The van der Waals surface area contributed by atoms with Gasteiger partial charge in [0.1, 0.15) is 18.4 Å². The van der Waals surface area contributed by atoms with Crippen molar-refractivity contribution in [1.82, 2.24) is 15.1 Å². The van der Waals surface area contributed by atoms with E-state index in [4.69, 9.17) is 9.47 Å². The molecule has 0 spiro atoms. The highest BCUT2D eigenvalue weighted by atomic mass is 16.5. The molecule has 2 aromatic rings. The lowest BCUT2D eigenvalue weighted by atomic mass is 10.0. The van der Waals surface area contributed by atoms with Gasteiger partial charge < -0.3 is 19.3 Å². The summed E-state index contributed by atoms with van der Waals surface area (Å²) in [6.07, 6.45) is 4.10. The molecule has 9 heteroatoms. The maximum atomic E-state index is 13.0. The smallest absolute Gasteiger partial charge is 0.255 e. The average molecular weight is 533 g/mol. The molecule has 2 aromatic carbocycles. The zero-order chi connectivity index (χ0) is 26.8. The second-order valence-corrected chi connectivity index (χ2v) is 10.9. The summed E-state index contributed by atoms with van der Waals surface area (Å²) >= 11 is 0. The van der Waals surface area contributed by atoms with Crippen LogP contribution in [-0.4, -0.2) is 79.1 Å². The van der Waals surface area contributed by atoms with E-state index >= 15 is 0 Å². The molecule has 4 heterocycles. The Hall–Kier alpha value is -3.43. The van der Waals surface area contributed by atoms with E-state index in [1.807, 2.05) is 12.1 Å². The van der Waals surface area contributed by atoms with Gasteiger partial charge in [0.2, 0.25) is 11.8 Å². The van der Waals surface area contributed by atoms with Crippen molar-refractivity contribution in [2.75, 3.05) is 44.4 Å². The lowest BCUT2D eigenvalue weighted by Crippen LogP contribution is -2.52. The van der Waals surface area contributed by atoms with Crippen molar-refractivity contribution in [3.8, 4) is 5.75 Å². The molecule has 3 fully saturated rings. The molecular weight excluding hydrogens is 496 g/mol. The van der Waals surface area contributed by atoms with Gasteiger partial charge in [0.05, 0.1) is 13.2 Å². The Morgan fingerprint density at radius 2 is 1.77 bits per heavy atom. The van der Waals surface area contributed by atoms with Gasteiger partial charge in [-0.05, 0) is 67.3 Å². The number of piperidine rings is 2. The van der Waals surface area contributed by atoms with E-state index in [0.717, 1.165) is 57.1 Å². The summed E-state index contributed by atoms with van der Waals surface area (Å²) in [6.45, 7) is 6.36. The molecule has 206 valence electrons. The second-order valence-electron chi connectivity index (χ2n) is 10.9. The topological polar surface area (TPSA) is 91.4 Å². The monoisotopic (exact) mass is 532 g/mol. The molecule has 39 heavy (non-hydrogen) atoms. The molecule has 2 atom stereocenters. The molecule has 2 unspecified atom stereocenters. The van der Waals surface area contributed by atoms with Crippen molar-refractivity contribution in [2.24, 2.45) is 0 Å². The number of ether oxygens (including phenoxy) is 2. The summed E-state index contributed by atoms with van der Waals surface area (Å²) in [5.74, 6) is -0.0916. The number of amides is 3. The van der Waals surface area contributed by atoms with Gasteiger partial charge in [-0.1, -0.05) is 18.6 Å². The summed E-state index contributed by atoms with van der Waals surface area (Å²) in [5.41, 5.74) is 4.03. The summed E-state index contributed by atoms with van der Waals surface area (Å²) in [4.78, 5) is 43.3. The highest BCUT2D eigenvalue weighted by Crippen LogP contribution is 2.31. The van der Waals surface area contributed by atoms with Crippen LogP contribution in [0.1, 0.15) is 53.6 Å². The number of hydrogen-bond acceptors (Lipinski definition) is 7. The Labute approximate surface area is 229 Å². The highest BCUT2D eigenvalue weighted by molar-refractivity contribution is 6.05. The quantitative estimate of drug-likeness (QED) is 0.549. The molecule has 0 bridgehead atoms. The normalized spacial score (nSPS) is 24.1. The standard InChI is InChI=1S/C30H36N4O5/c35-28-11-10-27(29(36)31-28)34-19-22-17-25(8-9-26(22)30(34)37)39-20-24-3-1-2-12-33(24)18-21-4-6-23(7-5-21)32-13-15-38-16-14-32/h4-9,17,24,27H,1-3,10-16,18-20H2,(H,31,35,36). The van der Waals surface area contributed by atoms with Crippen LogP contribution >= 0.6 is 0 Å². The first-order chi connectivity index (χ1) is 19.0. The zero-order valence-electron chi connectivity index (χ0n) is 22.3. The fourth-order valence-electron chi connectivity index (χ4n) is 6.16. The molecule has 4 aliphatic rings. The lowest BCUT2D eigenvalue weighted by molar-refractivity contribution is -0.136. The van der Waals surface area contributed by atoms with Crippen molar-refractivity contribution >= 4 is 23.4 Å². The first kappa shape index (κ1) is 25.8. The summed E-state index contributed by atoms with van der Waals surface area (Å²) in [5, 5.41) is 2.35. The van der Waals surface area contributed by atoms with Crippen molar-refractivity contribution < 1.29 is 23.9 Å². The fraction of sp³-hybridized carbons (Fsp3) is 0.500. The van der Waals surface area contributed by atoms with Gasteiger partial charge in [0.25, 0.3) is 5.91 Å². The molecule has 6 rings (SSSR count). The maximum Gasteiger partial charge on any atom is 0.255 e. The Morgan fingerprint density at radius 3 is 2.56 bits per heavy atom. The van der Waals surface area contributed by atoms with Gasteiger partial charge in [0.15, 0.2) is 0 Å². The number of nitrogens with zero attached hydrogens (tertiary/aromatic N) is 3. The molecule has 1 N–H and O–H groups in total.